The minimum Gasteiger partial charge on any atom is -0.476 e. The summed E-state index contributed by atoms with van der Waals surface area (Å²) >= 11 is 1.25. The van der Waals surface area contributed by atoms with Crippen molar-refractivity contribution in [1.29, 1.82) is 0 Å². The number of nitrogens with one attached hydrogen (secondary N) is 1. The Morgan fingerprint density at radius 1 is 1.05 bits per heavy atom. The molecule has 2 aliphatic rings. The first-order chi connectivity index (χ1) is 20.4. The predicted octanol–water partition coefficient (Wildman–Crippen LogP) is 2.65. The Labute approximate surface area is 249 Å². The molecule has 2 saturated heterocycles. The minimum absolute atomic E-state index is 0.0216. The van der Waals surface area contributed by atoms with E-state index in [0.29, 0.717) is 72.9 Å². The van der Waals surface area contributed by atoms with Crippen LogP contribution in [0.5, 0.6) is 5.88 Å². The number of hydrogen-bond donors (Lipinski definition) is 1. The van der Waals surface area contributed by atoms with Crippen molar-refractivity contribution in [3.63, 3.8) is 0 Å². The van der Waals surface area contributed by atoms with Gasteiger partial charge in [-0.3, -0.25) is 20.0 Å². The molecule has 2 fully saturated rings. The number of methoxy groups -OCH3 is 1. The monoisotopic (exact) mass is 616 g/mol. The molecule has 0 saturated carbocycles. The first kappa shape index (κ1) is 30.3. The number of benzene rings is 1. The number of thiazole rings is 1. The highest BCUT2D eigenvalue weighted by Crippen LogP contribution is 2.27. The van der Waals surface area contributed by atoms with Crippen molar-refractivity contribution < 1.29 is 27.4 Å². The summed E-state index contributed by atoms with van der Waals surface area (Å²) in [7, 11) is -1.94. The number of nitrogens with zero attached hydrogens (tertiary/aromatic N) is 5. The Morgan fingerprint density at radius 2 is 1.81 bits per heavy atom. The molecule has 3 aromatic rings. The Balaban J connectivity index is 1.30. The van der Waals surface area contributed by atoms with Gasteiger partial charge in [-0.2, -0.15) is 5.10 Å². The lowest BCUT2D eigenvalue weighted by Gasteiger charge is -2.24. The quantitative estimate of drug-likeness (QED) is 0.226. The number of aromatic nitrogens is 2. The zero-order valence-corrected chi connectivity index (χ0v) is 25.3. The number of ether oxygens (including phenoxy) is 3. The van der Waals surface area contributed by atoms with Gasteiger partial charge in [0.25, 0.3) is 5.91 Å². The van der Waals surface area contributed by atoms with Gasteiger partial charge in [-0.1, -0.05) is 23.5 Å². The summed E-state index contributed by atoms with van der Waals surface area (Å²) < 4.78 is 41.6. The maximum atomic E-state index is 13.5. The summed E-state index contributed by atoms with van der Waals surface area (Å²) in [6, 6.07) is 9.84. The lowest BCUT2D eigenvalue weighted by Crippen LogP contribution is -2.35. The third-order valence-corrected chi connectivity index (χ3v) is 9.70. The fraction of sp³-hybridized carbons (Fsp3) is 0.500. The van der Waals surface area contributed by atoms with Gasteiger partial charge in [-0.05, 0) is 50.6 Å². The van der Waals surface area contributed by atoms with Gasteiger partial charge in [-0.15, -0.1) is 0 Å². The van der Waals surface area contributed by atoms with Gasteiger partial charge in [0.05, 0.1) is 37.0 Å². The zero-order valence-electron chi connectivity index (χ0n) is 23.7. The largest absolute Gasteiger partial charge is 0.476 e. The number of hydrogen-bond acceptors (Lipinski definition) is 12. The second-order valence-electron chi connectivity index (χ2n) is 10.0. The van der Waals surface area contributed by atoms with Crippen molar-refractivity contribution in [2.24, 2.45) is 5.10 Å². The van der Waals surface area contributed by atoms with Crippen LogP contribution in [0.3, 0.4) is 0 Å². The molecule has 0 radical (unpaired) electrons. The van der Waals surface area contributed by atoms with E-state index >= 15 is 0 Å². The van der Waals surface area contributed by atoms with Crippen LogP contribution in [0.2, 0.25) is 0 Å². The van der Waals surface area contributed by atoms with Gasteiger partial charge in [0.2, 0.25) is 5.88 Å². The fourth-order valence-corrected chi connectivity index (χ4v) is 6.85. The molecule has 1 aromatic carbocycles. The molecule has 2 aromatic heterocycles. The van der Waals surface area contributed by atoms with Crippen LogP contribution in [0.4, 0.5) is 5.13 Å². The molecule has 0 aliphatic carbocycles. The van der Waals surface area contributed by atoms with Crippen molar-refractivity contribution in [2.45, 2.75) is 24.2 Å². The maximum Gasteiger partial charge on any atom is 0.278 e. The average molecular weight is 617 g/mol. The second kappa shape index (κ2) is 14.3. The molecule has 2 aliphatic heterocycles. The number of pyridine rings is 1. The molecule has 0 unspecified atom stereocenters. The van der Waals surface area contributed by atoms with E-state index in [4.69, 9.17) is 14.2 Å². The van der Waals surface area contributed by atoms with Gasteiger partial charge in [0.1, 0.15) is 17.0 Å². The molecule has 0 atom stereocenters. The van der Waals surface area contributed by atoms with Crippen LogP contribution in [0.25, 0.3) is 10.3 Å². The average Bonchev–Trinajstić information content (AvgIpc) is 3.66. The lowest BCUT2D eigenvalue weighted by molar-refractivity contribution is -0.110. The Morgan fingerprint density at radius 3 is 2.55 bits per heavy atom. The molecule has 1 amide bonds. The molecular weight excluding hydrogens is 580 g/mol. The number of sulfone groups is 1. The zero-order chi connectivity index (χ0) is 29.4. The first-order valence-electron chi connectivity index (χ1n) is 14.1. The number of carbonyl (C=O) groups excluding carboxylic acids is 1. The Kier molecular flexibility index (Phi) is 10.3. The van der Waals surface area contributed by atoms with E-state index in [1.54, 1.807) is 23.2 Å². The van der Waals surface area contributed by atoms with E-state index < -0.39 is 15.7 Å². The standard InChI is InChI=1S/C28H36N6O6S2/c1-38-16-4-20-42(36,37)22-7-5-21(6-8-22)25(32-34-14-17-39-18-15-34)26(35)31-28-29-23-9-10-24(30-27(23)41-28)40-19-13-33-11-2-3-12-33/h5-10H,2-4,11-20H2,1H3,(H,29,31,35)/b32-25+. The molecule has 0 bridgehead atoms. The minimum atomic E-state index is -3.48. The Hall–Kier alpha value is -3.17. The van der Waals surface area contributed by atoms with Crippen molar-refractivity contribution in [1.82, 2.24) is 19.9 Å². The van der Waals surface area contributed by atoms with Crippen molar-refractivity contribution in [3.8, 4) is 5.88 Å². The number of anilines is 1. The van der Waals surface area contributed by atoms with Crippen molar-refractivity contribution >= 4 is 48.3 Å². The molecule has 4 heterocycles. The summed E-state index contributed by atoms with van der Waals surface area (Å²) in [6.07, 6.45) is 2.87. The van der Waals surface area contributed by atoms with Gasteiger partial charge >= 0.3 is 0 Å². The second-order valence-corrected chi connectivity index (χ2v) is 13.1. The van der Waals surface area contributed by atoms with Crippen LogP contribution in [-0.4, -0.2) is 112 Å². The number of amides is 1. The first-order valence-corrected chi connectivity index (χ1v) is 16.6. The summed E-state index contributed by atoms with van der Waals surface area (Å²) in [5.74, 6) is 0.0417. The number of likely N-dealkylation sites (tertiary alicyclic amines) is 1. The molecule has 1 N–H and O–H groups in total. The third kappa shape index (κ3) is 8.01. The van der Waals surface area contributed by atoms with Crippen molar-refractivity contribution in [3.05, 3.63) is 42.0 Å². The SMILES string of the molecule is COCCCS(=O)(=O)c1ccc(/C(=N\N2CCOCC2)C(=O)Nc2nc3ccc(OCCN4CCCC4)nc3s2)cc1. The smallest absolute Gasteiger partial charge is 0.278 e. The highest BCUT2D eigenvalue weighted by Gasteiger charge is 2.21. The molecule has 12 nitrogen and oxygen atoms in total. The summed E-state index contributed by atoms with van der Waals surface area (Å²) in [5, 5.41) is 9.63. The number of morpholine rings is 1. The van der Waals surface area contributed by atoms with E-state index in [2.05, 4.69) is 25.3 Å². The van der Waals surface area contributed by atoms with Crippen LogP contribution in [-0.2, 0) is 24.1 Å². The van der Waals surface area contributed by atoms with Gasteiger partial charge in [0, 0.05) is 31.9 Å². The van der Waals surface area contributed by atoms with Gasteiger partial charge < -0.3 is 14.2 Å². The molecule has 14 heteroatoms. The molecular formula is C28H36N6O6S2. The maximum absolute atomic E-state index is 13.5. The van der Waals surface area contributed by atoms with Gasteiger partial charge in [0.15, 0.2) is 20.7 Å². The van der Waals surface area contributed by atoms with E-state index in [0.717, 1.165) is 19.6 Å². The Bertz CT molecular complexity index is 1480. The molecule has 226 valence electrons. The molecule has 5 rings (SSSR count). The van der Waals surface area contributed by atoms with E-state index in [9.17, 15) is 13.2 Å². The summed E-state index contributed by atoms with van der Waals surface area (Å²) in [4.78, 5) is 25.8. The fourth-order valence-electron chi connectivity index (χ4n) is 4.74. The van der Waals surface area contributed by atoms with Crippen LogP contribution in [0.15, 0.2) is 46.4 Å². The number of hydrazone groups is 1. The van der Waals surface area contributed by atoms with E-state index in [-0.39, 0.29) is 16.4 Å². The van der Waals surface area contributed by atoms with Crippen molar-refractivity contribution in [2.75, 3.05) is 77.3 Å². The van der Waals surface area contributed by atoms with Crippen LogP contribution >= 0.6 is 11.3 Å². The number of rotatable bonds is 13. The van der Waals surface area contributed by atoms with E-state index in [1.807, 2.05) is 6.07 Å². The number of fused-ring (bicyclic) bond motifs is 1. The van der Waals surface area contributed by atoms with Crippen LogP contribution < -0.4 is 10.1 Å². The van der Waals surface area contributed by atoms with Crippen LogP contribution in [0.1, 0.15) is 24.8 Å². The highest BCUT2D eigenvalue weighted by molar-refractivity contribution is 7.91. The highest BCUT2D eigenvalue weighted by atomic mass is 32.2. The van der Waals surface area contributed by atoms with Gasteiger partial charge in [-0.25, -0.2) is 18.4 Å². The third-order valence-electron chi connectivity index (χ3n) is 7.00. The number of carbonyl (C=O) groups is 1. The lowest BCUT2D eigenvalue weighted by atomic mass is 10.1. The summed E-state index contributed by atoms with van der Waals surface area (Å²) in [5.41, 5.74) is 1.29. The van der Waals surface area contributed by atoms with E-state index in [1.165, 1.54) is 43.4 Å². The molecule has 0 spiro atoms. The normalized spacial score (nSPS) is 16.7. The van der Waals surface area contributed by atoms with Crippen LogP contribution in [0, 0.1) is 0 Å². The topological polar surface area (TPSA) is 136 Å². The molecule has 42 heavy (non-hydrogen) atoms. The summed E-state index contributed by atoms with van der Waals surface area (Å²) in [6.45, 7) is 6.10. The predicted molar refractivity (Wildman–Crippen MR) is 161 cm³/mol.